The van der Waals surface area contributed by atoms with Gasteiger partial charge in [-0.3, -0.25) is 10.0 Å². The van der Waals surface area contributed by atoms with E-state index >= 15 is 0 Å². The second kappa shape index (κ2) is 7.84. The molecule has 1 aromatic heterocycles. The van der Waals surface area contributed by atoms with Crippen molar-refractivity contribution in [1.82, 2.24) is 15.4 Å². The maximum atomic E-state index is 11.0. The molecule has 26 heavy (non-hydrogen) atoms. The molecular weight excluding hydrogens is 330 g/mol. The minimum atomic E-state index is -0.558. The molecule has 0 aliphatic rings. The van der Waals surface area contributed by atoms with E-state index in [0.717, 1.165) is 33.7 Å². The zero-order chi connectivity index (χ0) is 18.5. The third kappa shape index (κ3) is 4.49. The van der Waals surface area contributed by atoms with Crippen molar-refractivity contribution in [2.45, 2.75) is 26.4 Å². The number of rotatable bonds is 6. The van der Waals surface area contributed by atoms with E-state index in [1.807, 2.05) is 56.3 Å². The summed E-state index contributed by atoms with van der Waals surface area (Å²) in [5.74, 6) is 1.15. The number of amides is 1. The molecule has 0 spiro atoms. The van der Waals surface area contributed by atoms with E-state index in [9.17, 15) is 4.79 Å². The molecule has 0 saturated carbocycles. The van der Waals surface area contributed by atoms with Crippen molar-refractivity contribution in [3.05, 3.63) is 65.5 Å². The normalized spacial score (nSPS) is 11.4. The number of aromatic amines is 1. The van der Waals surface area contributed by atoms with Crippen LogP contribution in [-0.2, 0) is 11.2 Å². The molecule has 1 heterocycles. The molecule has 0 aliphatic carbocycles. The minimum Gasteiger partial charge on any atom is -0.491 e. The van der Waals surface area contributed by atoms with Crippen LogP contribution in [0.25, 0.3) is 17.1 Å². The Balaban J connectivity index is 1.72. The Kier molecular flexibility index (Phi) is 5.34. The molecule has 2 aromatic carbocycles. The summed E-state index contributed by atoms with van der Waals surface area (Å²) in [5, 5.41) is 8.47. The standard InChI is InChI=1S/C20H21N3O3/c1-13(2)26-16-8-9-17-18(12-16)22-19(21-17)11-15-5-3-14(4-6-15)7-10-20(24)23-25/h3-10,12-13,25H,11H2,1-2H3,(H,21,22)(H,23,24). The van der Waals surface area contributed by atoms with E-state index in [2.05, 4.69) is 9.97 Å². The second-order valence-corrected chi connectivity index (χ2v) is 6.26. The third-order valence-electron chi connectivity index (χ3n) is 3.76. The number of hydrogen-bond donors (Lipinski definition) is 3. The second-order valence-electron chi connectivity index (χ2n) is 6.26. The predicted molar refractivity (Wildman–Crippen MR) is 100 cm³/mol. The highest BCUT2D eigenvalue weighted by Crippen LogP contribution is 2.21. The number of hydrogen-bond acceptors (Lipinski definition) is 4. The average Bonchev–Trinajstić information content (AvgIpc) is 3.01. The lowest BCUT2D eigenvalue weighted by Gasteiger charge is -2.08. The highest BCUT2D eigenvalue weighted by molar-refractivity contribution is 5.90. The molecule has 6 heteroatoms. The fourth-order valence-corrected chi connectivity index (χ4v) is 2.62. The molecule has 0 saturated heterocycles. The van der Waals surface area contributed by atoms with E-state index in [-0.39, 0.29) is 6.10 Å². The van der Waals surface area contributed by atoms with E-state index in [4.69, 9.17) is 9.94 Å². The van der Waals surface area contributed by atoms with Crippen molar-refractivity contribution in [3.8, 4) is 5.75 Å². The first-order valence-electron chi connectivity index (χ1n) is 8.40. The smallest absolute Gasteiger partial charge is 0.267 e. The molecule has 1 amide bonds. The quantitative estimate of drug-likeness (QED) is 0.361. The Labute approximate surface area is 151 Å². The highest BCUT2D eigenvalue weighted by atomic mass is 16.5. The number of carbonyl (C=O) groups excluding carboxylic acids is 1. The summed E-state index contributed by atoms with van der Waals surface area (Å²) in [4.78, 5) is 18.9. The predicted octanol–water partition coefficient (Wildman–Crippen LogP) is 3.46. The summed E-state index contributed by atoms with van der Waals surface area (Å²) in [7, 11) is 0. The van der Waals surface area contributed by atoms with Crippen molar-refractivity contribution in [1.29, 1.82) is 0 Å². The fourth-order valence-electron chi connectivity index (χ4n) is 2.62. The van der Waals surface area contributed by atoms with E-state index in [1.165, 1.54) is 6.08 Å². The van der Waals surface area contributed by atoms with Gasteiger partial charge in [0.05, 0.1) is 17.1 Å². The van der Waals surface area contributed by atoms with Crippen molar-refractivity contribution >= 4 is 23.0 Å². The largest absolute Gasteiger partial charge is 0.491 e. The molecule has 3 aromatic rings. The summed E-state index contributed by atoms with van der Waals surface area (Å²) in [6.07, 6.45) is 3.71. The number of imidazole rings is 1. The number of H-pyrrole nitrogens is 1. The average molecular weight is 351 g/mol. The number of carbonyl (C=O) groups is 1. The van der Waals surface area contributed by atoms with Crippen LogP contribution in [0.5, 0.6) is 5.75 Å². The molecule has 0 bridgehead atoms. The zero-order valence-electron chi connectivity index (χ0n) is 14.7. The zero-order valence-corrected chi connectivity index (χ0v) is 14.7. The van der Waals surface area contributed by atoms with Crippen LogP contribution < -0.4 is 10.2 Å². The van der Waals surface area contributed by atoms with Gasteiger partial charge in [0.15, 0.2) is 0 Å². The Hall–Kier alpha value is -3.12. The maximum absolute atomic E-state index is 11.0. The van der Waals surface area contributed by atoms with Gasteiger partial charge in [-0.05, 0) is 43.2 Å². The number of benzene rings is 2. The van der Waals surface area contributed by atoms with Crippen molar-refractivity contribution in [2.75, 3.05) is 0 Å². The number of nitrogens with zero attached hydrogens (tertiary/aromatic N) is 1. The molecule has 3 N–H and O–H groups in total. The topological polar surface area (TPSA) is 87.2 Å². The molecule has 6 nitrogen and oxygen atoms in total. The molecule has 134 valence electrons. The fraction of sp³-hybridized carbons (Fsp3) is 0.200. The Morgan fingerprint density at radius 3 is 2.73 bits per heavy atom. The number of ether oxygens (including phenoxy) is 1. The van der Waals surface area contributed by atoms with Crippen LogP contribution in [0.15, 0.2) is 48.5 Å². The molecule has 0 unspecified atom stereocenters. The lowest BCUT2D eigenvalue weighted by Crippen LogP contribution is -2.14. The molecule has 0 radical (unpaired) electrons. The number of fused-ring (bicyclic) bond motifs is 1. The van der Waals surface area contributed by atoms with Crippen LogP contribution >= 0.6 is 0 Å². The first kappa shape index (κ1) is 17.7. The van der Waals surface area contributed by atoms with Gasteiger partial charge < -0.3 is 9.72 Å². The van der Waals surface area contributed by atoms with Crippen LogP contribution in [0.1, 0.15) is 30.8 Å². The van der Waals surface area contributed by atoms with Crippen molar-refractivity contribution in [3.63, 3.8) is 0 Å². The van der Waals surface area contributed by atoms with Crippen molar-refractivity contribution in [2.24, 2.45) is 0 Å². The van der Waals surface area contributed by atoms with Gasteiger partial charge in [0.25, 0.3) is 5.91 Å². The first-order chi connectivity index (χ1) is 12.5. The Morgan fingerprint density at radius 1 is 1.27 bits per heavy atom. The number of nitrogens with one attached hydrogen (secondary N) is 2. The molecule has 0 atom stereocenters. The summed E-state index contributed by atoms with van der Waals surface area (Å²) >= 11 is 0. The summed E-state index contributed by atoms with van der Waals surface area (Å²) in [6, 6.07) is 13.6. The van der Waals surface area contributed by atoms with E-state index in [1.54, 1.807) is 11.6 Å². The molecule has 3 rings (SSSR count). The highest BCUT2D eigenvalue weighted by Gasteiger charge is 2.06. The molecule has 0 fully saturated rings. The summed E-state index contributed by atoms with van der Waals surface area (Å²) < 4.78 is 5.71. The minimum absolute atomic E-state index is 0.130. The van der Waals surface area contributed by atoms with Crippen LogP contribution in [-0.4, -0.2) is 27.2 Å². The Morgan fingerprint density at radius 2 is 2.04 bits per heavy atom. The lowest BCUT2D eigenvalue weighted by molar-refractivity contribution is -0.124. The third-order valence-corrected chi connectivity index (χ3v) is 3.76. The summed E-state index contributed by atoms with van der Waals surface area (Å²) in [6.45, 7) is 4.00. The van der Waals surface area contributed by atoms with E-state index in [0.29, 0.717) is 6.42 Å². The van der Waals surface area contributed by atoms with Gasteiger partial charge in [-0.15, -0.1) is 0 Å². The van der Waals surface area contributed by atoms with Crippen LogP contribution in [0, 0.1) is 0 Å². The van der Waals surface area contributed by atoms with Gasteiger partial charge in [0.2, 0.25) is 0 Å². The lowest BCUT2D eigenvalue weighted by atomic mass is 10.1. The summed E-state index contributed by atoms with van der Waals surface area (Å²) in [5.41, 5.74) is 5.39. The van der Waals surface area contributed by atoms with Gasteiger partial charge in [-0.1, -0.05) is 24.3 Å². The van der Waals surface area contributed by atoms with Crippen molar-refractivity contribution < 1.29 is 14.7 Å². The van der Waals surface area contributed by atoms with Gasteiger partial charge in [-0.25, -0.2) is 10.5 Å². The van der Waals surface area contributed by atoms with E-state index < -0.39 is 5.91 Å². The monoisotopic (exact) mass is 351 g/mol. The van der Waals surface area contributed by atoms with Crippen LogP contribution in [0.4, 0.5) is 0 Å². The number of aromatic nitrogens is 2. The molecule has 0 aliphatic heterocycles. The first-order valence-corrected chi connectivity index (χ1v) is 8.40. The SMILES string of the molecule is CC(C)Oc1ccc2nc(Cc3ccc(C=CC(=O)NO)cc3)[nH]c2c1. The maximum Gasteiger partial charge on any atom is 0.267 e. The van der Waals surface area contributed by atoms with Gasteiger partial charge in [0.1, 0.15) is 11.6 Å². The Bertz CT molecular complexity index is 927. The molecular formula is C20H21N3O3. The van der Waals surface area contributed by atoms with Gasteiger partial charge in [-0.2, -0.15) is 0 Å². The van der Waals surface area contributed by atoms with Gasteiger partial charge in [0, 0.05) is 18.6 Å². The van der Waals surface area contributed by atoms with Crippen LogP contribution in [0.3, 0.4) is 0 Å². The number of hydroxylamine groups is 1. The van der Waals surface area contributed by atoms with Crippen LogP contribution in [0.2, 0.25) is 0 Å². The van der Waals surface area contributed by atoms with Gasteiger partial charge >= 0.3 is 0 Å².